The third kappa shape index (κ3) is 5.28. The summed E-state index contributed by atoms with van der Waals surface area (Å²) in [5.41, 5.74) is -7.43. The van der Waals surface area contributed by atoms with E-state index in [0.717, 1.165) is 25.5 Å². The van der Waals surface area contributed by atoms with Crippen LogP contribution in [0, 0.1) is 0 Å². The van der Waals surface area contributed by atoms with Gasteiger partial charge in [-0.05, 0) is 35.9 Å². The maximum Gasteiger partial charge on any atom is 0.534 e. The summed E-state index contributed by atoms with van der Waals surface area (Å²) in [6.07, 6.45) is 0.973. The van der Waals surface area contributed by atoms with Crippen molar-refractivity contribution in [3.8, 4) is 5.75 Å². The van der Waals surface area contributed by atoms with E-state index in [4.69, 9.17) is 11.6 Å². The Bertz CT molecular complexity index is 1600. The number of sulfone groups is 1. The van der Waals surface area contributed by atoms with Gasteiger partial charge < -0.3 is 8.92 Å². The van der Waals surface area contributed by atoms with Crippen molar-refractivity contribution in [2.75, 3.05) is 13.4 Å². The molecule has 0 bridgehead atoms. The summed E-state index contributed by atoms with van der Waals surface area (Å²) in [4.78, 5) is 25.8. The second kappa shape index (κ2) is 9.17. The zero-order valence-electron chi connectivity index (χ0n) is 17.8. The summed E-state index contributed by atoms with van der Waals surface area (Å²) in [6.45, 7) is -0.478. The Kier molecular flexibility index (Phi) is 6.94. The van der Waals surface area contributed by atoms with Crippen LogP contribution in [-0.4, -0.2) is 46.2 Å². The molecule has 0 radical (unpaired) electrons. The highest BCUT2D eigenvalue weighted by Gasteiger charge is 2.49. The minimum Gasteiger partial charge on any atom is -0.464 e. The number of benzene rings is 2. The van der Waals surface area contributed by atoms with Gasteiger partial charge in [0.05, 0.1) is 23.9 Å². The number of carbonyl (C=O) groups is 1. The monoisotopic (exact) mass is 553 g/mol. The molecule has 0 saturated carbocycles. The van der Waals surface area contributed by atoms with Crippen LogP contribution >= 0.6 is 11.6 Å². The van der Waals surface area contributed by atoms with Gasteiger partial charge in [0.25, 0.3) is 5.56 Å². The molecule has 1 aromatic heterocycles. The van der Waals surface area contributed by atoms with Crippen molar-refractivity contribution in [1.82, 2.24) is 4.57 Å². The number of pyridine rings is 1. The molecule has 3 rings (SSSR count). The van der Waals surface area contributed by atoms with Crippen LogP contribution in [0.3, 0.4) is 0 Å². The third-order valence-electron chi connectivity index (χ3n) is 4.73. The summed E-state index contributed by atoms with van der Waals surface area (Å²) in [6, 6.07) is 8.39. The average Bonchev–Trinajstić information content (AvgIpc) is 2.75. The maximum atomic E-state index is 13.2. The number of methoxy groups -OCH3 is 1. The van der Waals surface area contributed by atoms with E-state index in [1.165, 1.54) is 30.3 Å². The van der Waals surface area contributed by atoms with Crippen molar-refractivity contribution in [2.24, 2.45) is 0 Å². The number of hydrogen-bond donors (Lipinski definition) is 0. The van der Waals surface area contributed by atoms with Crippen molar-refractivity contribution in [3.63, 3.8) is 0 Å². The zero-order valence-corrected chi connectivity index (χ0v) is 20.2. The number of hydrogen-bond acceptors (Lipinski definition) is 8. The van der Waals surface area contributed by atoms with Crippen molar-refractivity contribution < 1.29 is 43.7 Å². The molecule has 9 nitrogen and oxygen atoms in total. The Morgan fingerprint density at radius 1 is 1.03 bits per heavy atom. The lowest BCUT2D eigenvalue weighted by atomic mass is 10.1. The van der Waals surface area contributed by atoms with E-state index in [2.05, 4.69) is 8.92 Å². The van der Waals surface area contributed by atoms with E-state index in [0.29, 0.717) is 4.57 Å². The molecular weight excluding hydrogens is 539 g/mol. The number of ether oxygens (including phenoxy) is 1. The molecule has 0 aliphatic carbocycles. The topological polar surface area (TPSA) is 126 Å². The Hall–Kier alpha value is -3.10. The largest absolute Gasteiger partial charge is 0.534 e. The number of halogens is 4. The molecule has 0 unspecified atom stereocenters. The number of rotatable bonds is 6. The van der Waals surface area contributed by atoms with Crippen molar-refractivity contribution >= 4 is 48.3 Å². The first-order valence-corrected chi connectivity index (χ1v) is 13.0. The van der Waals surface area contributed by atoms with E-state index in [1.807, 2.05) is 0 Å². The molecule has 0 saturated heterocycles. The van der Waals surface area contributed by atoms with Gasteiger partial charge in [-0.1, -0.05) is 23.7 Å². The van der Waals surface area contributed by atoms with E-state index < -0.39 is 60.4 Å². The van der Waals surface area contributed by atoms with Crippen LogP contribution in [0.5, 0.6) is 5.75 Å². The lowest BCUT2D eigenvalue weighted by molar-refractivity contribution is -0.0500. The normalized spacial score (nSPS) is 12.5. The van der Waals surface area contributed by atoms with Gasteiger partial charge in [-0.2, -0.15) is 21.6 Å². The van der Waals surface area contributed by atoms with Crippen molar-refractivity contribution in [1.29, 1.82) is 0 Å². The predicted molar refractivity (Wildman–Crippen MR) is 119 cm³/mol. The molecule has 188 valence electrons. The van der Waals surface area contributed by atoms with Gasteiger partial charge in [0.15, 0.2) is 21.3 Å². The van der Waals surface area contributed by atoms with Gasteiger partial charge >= 0.3 is 21.6 Å². The van der Waals surface area contributed by atoms with Gasteiger partial charge in [0.2, 0.25) is 0 Å². The first-order chi connectivity index (χ1) is 16.1. The van der Waals surface area contributed by atoms with Gasteiger partial charge in [0.1, 0.15) is 0 Å². The van der Waals surface area contributed by atoms with Crippen LogP contribution in [0.15, 0.2) is 52.2 Å². The number of alkyl halides is 3. The molecule has 0 atom stereocenters. The second-order valence-electron chi connectivity index (χ2n) is 7.15. The van der Waals surface area contributed by atoms with Crippen LogP contribution in [0.4, 0.5) is 13.2 Å². The number of esters is 1. The van der Waals surface area contributed by atoms with Crippen LogP contribution in [0.2, 0.25) is 5.02 Å². The highest BCUT2D eigenvalue weighted by atomic mass is 35.5. The second-order valence-corrected chi connectivity index (χ2v) is 11.1. The Morgan fingerprint density at radius 3 is 2.14 bits per heavy atom. The molecule has 15 heteroatoms. The lowest BCUT2D eigenvalue weighted by Crippen LogP contribution is -2.32. The molecule has 2 aromatic carbocycles. The smallest absolute Gasteiger partial charge is 0.464 e. The quantitative estimate of drug-likeness (QED) is 0.259. The molecule has 1 heterocycles. The fourth-order valence-corrected chi connectivity index (χ4v) is 4.39. The van der Waals surface area contributed by atoms with Gasteiger partial charge in [0, 0.05) is 16.7 Å². The first kappa shape index (κ1) is 26.5. The molecule has 0 spiro atoms. The minimum atomic E-state index is -6.28. The number of nitrogens with zero attached hydrogens (tertiary/aromatic N) is 1. The van der Waals surface area contributed by atoms with Crippen molar-refractivity contribution in [3.05, 3.63) is 69.1 Å². The summed E-state index contributed by atoms with van der Waals surface area (Å²) >= 11 is 5.89. The molecule has 0 fully saturated rings. The van der Waals surface area contributed by atoms with Crippen LogP contribution in [0.1, 0.15) is 16.1 Å². The lowest BCUT2D eigenvalue weighted by Gasteiger charge is -2.19. The molecule has 0 amide bonds. The van der Waals surface area contributed by atoms with Crippen LogP contribution < -0.4 is 9.74 Å². The van der Waals surface area contributed by atoms with Gasteiger partial charge in [-0.25, -0.2) is 13.2 Å². The summed E-state index contributed by atoms with van der Waals surface area (Å²) in [7, 11) is -8.96. The van der Waals surface area contributed by atoms with E-state index in [-0.39, 0.29) is 20.9 Å². The Morgan fingerprint density at radius 2 is 1.63 bits per heavy atom. The molecule has 35 heavy (non-hydrogen) atoms. The van der Waals surface area contributed by atoms with E-state index in [1.54, 1.807) is 0 Å². The number of aromatic nitrogens is 1. The van der Waals surface area contributed by atoms with E-state index >= 15 is 0 Å². The maximum absolute atomic E-state index is 13.2. The predicted octanol–water partition coefficient (Wildman–Crippen LogP) is 3.12. The SMILES string of the molecule is COC(=O)c1c(OS(=O)(=O)C(F)(F)F)c2cc(Cl)ccc2c(=O)n1Cc1ccc(S(C)(=O)=O)cc1. The minimum absolute atomic E-state index is 0.0461. The van der Waals surface area contributed by atoms with Gasteiger partial charge in [-0.3, -0.25) is 9.36 Å². The van der Waals surface area contributed by atoms with Crippen molar-refractivity contribution in [2.45, 2.75) is 16.9 Å². The van der Waals surface area contributed by atoms with E-state index in [9.17, 15) is 39.6 Å². The summed E-state index contributed by atoms with van der Waals surface area (Å²) in [5, 5.41) is -0.863. The zero-order chi connectivity index (χ0) is 26.3. The molecular formula is C20H15ClF3NO8S2. The standard InChI is InChI=1S/C20H15ClF3NO8S2/c1-32-19(27)16-17(33-35(30,31)20(22,23)24)15-9-12(21)5-8-14(15)18(26)25(16)10-11-3-6-13(7-4-11)34(2,28)29/h3-9H,10H2,1-2H3. The molecule has 0 N–H and O–H groups in total. The van der Waals surface area contributed by atoms with Gasteiger partial charge in [-0.15, -0.1) is 0 Å². The van der Waals surface area contributed by atoms with Crippen LogP contribution in [-0.2, 0) is 31.2 Å². The number of fused-ring (bicyclic) bond motifs is 1. The fourth-order valence-electron chi connectivity index (χ4n) is 3.10. The Labute approximate surface area is 201 Å². The third-order valence-corrected chi connectivity index (χ3v) is 7.05. The average molecular weight is 554 g/mol. The first-order valence-electron chi connectivity index (χ1n) is 9.31. The molecule has 0 aliphatic rings. The molecule has 0 aliphatic heterocycles. The molecule has 3 aromatic rings. The summed E-state index contributed by atoms with van der Waals surface area (Å²) < 4.78 is 95.9. The number of carbonyl (C=O) groups excluding carboxylic acids is 1. The van der Waals surface area contributed by atoms with Crippen LogP contribution in [0.25, 0.3) is 10.8 Å². The highest BCUT2D eigenvalue weighted by Crippen LogP contribution is 2.35. The summed E-state index contributed by atoms with van der Waals surface area (Å²) in [5.74, 6) is -2.48. The highest BCUT2D eigenvalue weighted by molar-refractivity contribution is 7.90. The fraction of sp³-hybridized carbons (Fsp3) is 0.200. The Balaban J connectivity index is 2.36.